The average Bonchev–Trinajstić information content (AvgIpc) is 2.72. The fraction of sp³-hybridized carbons (Fsp3) is 0.615. The van der Waals surface area contributed by atoms with Crippen LogP contribution in [0.2, 0.25) is 0 Å². The Balaban J connectivity index is 1.93. The van der Waals surface area contributed by atoms with E-state index in [1.807, 2.05) is 17.8 Å². The van der Waals surface area contributed by atoms with Crippen LogP contribution in [0, 0.1) is 18.8 Å². The molecule has 1 N–H and O–H groups in total. The maximum atomic E-state index is 4.39. The highest BCUT2D eigenvalue weighted by Crippen LogP contribution is 2.03. The molecule has 17 heavy (non-hydrogen) atoms. The minimum atomic E-state index is 0.860. The molecule has 0 aliphatic carbocycles. The molecule has 1 aliphatic rings. The molecule has 0 amide bonds. The molecule has 1 aliphatic heterocycles. The Morgan fingerprint density at radius 3 is 2.82 bits per heavy atom. The van der Waals surface area contributed by atoms with Crippen LogP contribution in [0.25, 0.3) is 0 Å². The van der Waals surface area contributed by atoms with Crippen LogP contribution in [-0.4, -0.2) is 47.4 Å². The van der Waals surface area contributed by atoms with Gasteiger partial charge in [0.1, 0.15) is 0 Å². The summed E-state index contributed by atoms with van der Waals surface area (Å²) in [6, 6.07) is 0. The number of nitrogens with one attached hydrogen (secondary N) is 1. The van der Waals surface area contributed by atoms with Crippen molar-refractivity contribution in [3.63, 3.8) is 0 Å². The minimum Gasteiger partial charge on any atom is -0.314 e. The van der Waals surface area contributed by atoms with Crippen molar-refractivity contribution in [1.29, 1.82) is 0 Å². The summed E-state index contributed by atoms with van der Waals surface area (Å²) in [5.41, 5.74) is 2.08. The van der Waals surface area contributed by atoms with E-state index >= 15 is 0 Å². The Kier molecular flexibility index (Phi) is 4.18. The van der Waals surface area contributed by atoms with Gasteiger partial charge in [0.2, 0.25) is 0 Å². The molecule has 0 aromatic carbocycles. The summed E-state index contributed by atoms with van der Waals surface area (Å²) in [7, 11) is 0. The molecule has 4 heteroatoms. The molecule has 0 radical (unpaired) electrons. The van der Waals surface area contributed by atoms with Gasteiger partial charge in [0.25, 0.3) is 0 Å². The van der Waals surface area contributed by atoms with E-state index in [1.165, 1.54) is 0 Å². The highest BCUT2D eigenvalue weighted by Gasteiger charge is 2.07. The molecule has 0 saturated carbocycles. The lowest BCUT2D eigenvalue weighted by Gasteiger charge is -2.24. The maximum absolute atomic E-state index is 4.39. The van der Waals surface area contributed by atoms with Crippen LogP contribution < -0.4 is 5.32 Å². The molecule has 0 atom stereocenters. The van der Waals surface area contributed by atoms with Crippen molar-refractivity contribution < 1.29 is 0 Å². The topological polar surface area (TPSA) is 33.1 Å². The molecule has 1 aromatic rings. The van der Waals surface area contributed by atoms with Gasteiger partial charge in [-0.15, -0.1) is 0 Å². The highest BCUT2D eigenvalue weighted by atomic mass is 15.3. The first kappa shape index (κ1) is 12.2. The number of nitrogens with zero attached hydrogens (tertiary/aromatic N) is 3. The van der Waals surface area contributed by atoms with Crippen molar-refractivity contribution in [2.75, 3.05) is 32.7 Å². The predicted octanol–water partition coefficient (Wildman–Crippen LogP) is 0.468. The normalized spacial score (nSPS) is 16.6. The molecule has 0 unspecified atom stereocenters. The van der Waals surface area contributed by atoms with Crippen LogP contribution in [0.1, 0.15) is 18.2 Å². The average molecular weight is 232 g/mol. The third-order valence-corrected chi connectivity index (χ3v) is 3.01. The van der Waals surface area contributed by atoms with E-state index in [9.17, 15) is 0 Å². The molecule has 0 spiro atoms. The second kappa shape index (κ2) is 5.85. The zero-order valence-electron chi connectivity index (χ0n) is 10.7. The summed E-state index contributed by atoms with van der Waals surface area (Å²) >= 11 is 0. The predicted molar refractivity (Wildman–Crippen MR) is 68.8 cm³/mol. The van der Waals surface area contributed by atoms with Crippen LogP contribution in [-0.2, 0) is 6.54 Å². The van der Waals surface area contributed by atoms with Crippen molar-refractivity contribution in [3.8, 4) is 11.8 Å². The van der Waals surface area contributed by atoms with Crippen molar-refractivity contribution in [3.05, 3.63) is 17.5 Å². The monoisotopic (exact) mass is 232 g/mol. The zero-order valence-corrected chi connectivity index (χ0v) is 10.7. The van der Waals surface area contributed by atoms with Crippen molar-refractivity contribution in [1.82, 2.24) is 20.0 Å². The van der Waals surface area contributed by atoms with Gasteiger partial charge >= 0.3 is 0 Å². The van der Waals surface area contributed by atoms with Gasteiger partial charge in [0.15, 0.2) is 0 Å². The van der Waals surface area contributed by atoms with Gasteiger partial charge in [-0.3, -0.25) is 9.58 Å². The Labute approximate surface area is 103 Å². The minimum absolute atomic E-state index is 0.860. The van der Waals surface area contributed by atoms with Gasteiger partial charge in [0, 0.05) is 38.9 Å². The molecular formula is C13H20N4. The van der Waals surface area contributed by atoms with Crippen molar-refractivity contribution in [2.45, 2.75) is 20.4 Å². The Morgan fingerprint density at radius 1 is 1.41 bits per heavy atom. The van der Waals surface area contributed by atoms with E-state index in [2.05, 4.69) is 34.1 Å². The second-order valence-electron chi connectivity index (χ2n) is 4.31. The summed E-state index contributed by atoms with van der Waals surface area (Å²) in [5.74, 6) is 6.46. The van der Waals surface area contributed by atoms with Gasteiger partial charge in [-0.05, 0) is 13.8 Å². The Hall–Kier alpha value is -1.31. The van der Waals surface area contributed by atoms with E-state index in [0.29, 0.717) is 0 Å². The fourth-order valence-electron chi connectivity index (χ4n) is 1.92. The Morgan fingerprint density at radius 2 is 2.18 bits per heavy atom. The standard InChI is InChI=1S/C13H20N4/c1-3-17-11-13(12(2)15-17)5-4-8-16-9-6-14-7-10-16/h11,14H,3,6-10H2,1-2H3. The zero-order chi connectivity index (χ0) is 12.1. The third kappa shape index (κ3) is 3.32. The molecule has 4 nitrogen and oxygen atoms in total. The van der Waals surface area contributed by atoms with Crippen LogP contribution in [0.4, 0.5) is 0 Å². The van der Waals surface area contributed by atoms with Crippen molar-refractivity contribution in [2.24, 2.45) is 0 Å². The van der Waals surface area contributed by atoms with E-state index in [-0.39, 0.29) is 0 Å². The van der Waals surface area contributed by atoms with Crippen LogP contribution in [0.15, 0.2) is 6.20 Å². The van der Waals surface area contributed by atoms with E-state index in [0.717, 1.165) is 50.5 Å². The van der Waals surface area contributed by atoms with Gasteiger partial charge in [0.05, 0.1) is 17.8 Å². The molecule has 1 aromatic heterocycles. The summed E-state index contributed by atoms with van der Waals surface area (Å²) in [6.45, 7) is 10.2. The lowest BCUT2D eigenvalue weighted by Crippen LogP contribution is -2.43. The number of rotatable bonds is 2. The number of hydrogen-bond donors (Lipinski definition) is 1. The van der Waals surface area contributed by atoms with E-state index in [4.69, 9.17) is 0 Å². The number of piperazine rings is 1. The molecule has 1 fully saturated rings. The van der Waals surface area contributed by atoms with E-state index in [1.54, 1.807) is 0 Å². The van der Waals surface area contributed by atoms with Gasteiger partial charge < -0.3 is 5.32 Å². The summed E-state index contributed by atoms with van der Waals surface area (Å²) in [4.78, 5) is 2.38. The third-order valence-electron chi connectivity index (χ3n) is 3.01. The first-order valence-electron chi connectivity index (χ1n) is 6.25. The molecule has 92 valence electrons. The first-order valence-corrected chi connectivity index (χ1v) is 6.25. The summed E-state index contributed by atoms with van der Waals surface area (Å²) in [6.07, 6.45) is 2.03. The largest absolute Gasteiger partial charge is 0.314 e. The molecule has 2 rings (SSSR count). The van der Waals surface area contributed by atoms with Crippen molar-refractivity contribution >= 4 is 0 Å². The van der Waals surface area contributed by atoms with Gasteiger partial charge in [-0.1, -0.05) is 11.8 Å². The number of hydrogen-bond acceptors (Lipinski definition) is 3. The Bertz CT molecular complexity index is 418. The smallest absolute Gasteiger partial charge is 0.0750 e. The van der Waals surface area contributed by atoms with E-state index < -0.39 is 0 Å². The van der Waals surface area contributed by atoms with Gasteiger partial charge in [-0.25, -0.2) is 0 Å². The SMILES string of the molecule is CCn1cc(C#CCN2CCNCC2)c(C)n1. The molecule has 2 heterocycles. The highest BCUT2D eigenvalue weighted by molar-refractivity contribution is 5.35. The number of aryl methyl sites for hydroxylation is 2. The second-order valence-corrected chi connectivity index (χ2v) is 4.31. The maximum Gasteiger partial charge on any atom is 0.0750 e. The van der Waals surface area contributed by atoms with Crippen LogP contribution in [0.3, 0.4) is 0 Å². The molecular weight excluding hydrogens is 212 g/mol. The lowest BCUT2D eigenvalue weighted by molar-refractivity contribution is 0.268. The lowest BCUT2D eigenvalue weighted by atomic mass is 10.2. The molecule has 1 saturated heterocycles. The fourth-order valence-corrected chi connectivity index (χ4v) is 1.92. The quantitative estimate of drug-likeness (QED) is 0.752. The number of aromatic nitrogens is 2. The first-order chi connectivity index (χ1) is 8.29. The summed E-state index contributed by atoms with van der Waals surface area (Å²) in [5, 5.41) is 7.72. The molecule has 0 bridgehead atoms. The van der Waals surface area contributed by atoms with Crippen LogP contribution >= 0.6 is 0 Å². The summed E-state index contributed by atoms with van der Waals surface area (Å²) < 4.78 is 1.93. The van der Waals surface area contributed by atoms with Gasteiger partial charge in [-0.2, -0.15) is 5.10 Å². The van der Waals surface area contributed by atoms with Crippen LogP contribution in [0.5, 0.6) is 0 Å².